The molecule has 1 atom stereocenters. The second-order valence-corrected chi connectivity index (χ2v) is 11.2. The SMILES string of the molecule is Cc1cc(C)c(S(=O)(=O)N2CCCC(c3nnc(C(=O)Nc4ccc(F)cc4)s3)C2)cc1C. The molecule has 0 saturated carbocycles. The Balaban J connectivity index is 1.50. The standard InChI is InChI=1S/C23H25FN4O3S2/c1-14-11-16(3)20(12-15(14)2)33(30,31)28-10-4-5-17(13-28)22-26-27-23(32-22)21(29)25-19-8-6-18(24)7-9-19/h6-9,11-12,17H,4-5,10,13H2,1-3H3,(H,25,29). The molecular weight excluding hydrogens is 463 g/mol. The lowest BCUT2D eigenvalue weighted by Gasteiger charge is -2.31. The summed E-state index contributed by atoms with van der Waals surface area (Å²) in [6, 6.07) is 9.10. The highest BCUT2D eigenvalue weighted by atomic mass is 32.2. The van der Waals surface area contributed by atoms with Crippen molar-refractivity contribution in [1.82, 2.24) is 14.5 Å². The molecule has 1 aromatic heterocycles. The summed E-state index contributed by atoms with van der Waals surface area (Å²) in [4.78, 5) is 12.8. The molecule has 2 heterocycles. The molecule has 1 aliphatic rings. The quantitative estimate of drug-likeness (QED) is 0.574. The Bertz CT molecular complexity index is 1290. The summed E-state index contributed by atoms with van der Waals surface area (Å²) >= 11 is 1.16. The van der Waals surface area contributed by atoms with Crippen LogP contribution in [0, 0.1) is 26.6 Å². The minimum absolute atomic E-state index is 0.134. The Labute approximate surface area is 196 Å². The zero-order valence-corrected chi connectivity index (χ0v) is 20.3. The van der Waals surface area contributed by atoms with Crippen LogP contribution in [-0.2, 0) is 10.0 Å². The van der Waals surface area contributed by atoms with Crippen LogP contribution in [0.5, 0.6) is 0 Å². The summed E-state index contributed by atoms with van der Waals surface area (Å²) in [7, 11) is -3.65. The van der Waals surface area contributed by atoms with Crippen molar-refractivity contribution in [3.8, 4) is 0 Å². The van der Waals surface area contributed by atoms with Crippen LogP contribution in [0.1, 0.15) is 50.3 Å². The highest BCUT2D eigenvalue weighted by Gasteiger charge is 2.33. The number of hydrogen-bond acceptors (Lipinski definition) is 6. The van der Waals surface area contributed by atoms with E-state index in [0.717, 1.165) is 34.4 Å². The normalized spacial score (nSPS) is 17.2. The van der Waals surface area contributed by atoms with Gasteiger partial charge in [-0.3, -0.25) is 4.79 Å². The zero-order chi connectivity index (χ0) is 23.8. The number of piperidine rings is 1. The van der Waals surface area contributed by atoms with Crippen molar-refractivity contribution < 1.29 is 17.6 Å². The van der Waals surface area contributed by atoms with Crippen molar-refractivity contribution in [2.24, 2.45) is 0 Å². The van der Waals surface area contributed by atoms with Crippen LogP contribution in [0.4, 0.5) is 10.1 Å². The van der Waals surface area contributed by atoms with E-state index in [0.29, 0.717) is 35.1 Å². The maximum atomic E-state index is 13.4. The first-order chi connectivity index (χ1) is 15.6. The highest BCUT2D eigenvalue weighted by Crippen LogP contribution is 2.33. The number of anilines is 1. The second-order valence-electron chi connectivity index (χ2n) is 8.31. The molecule has 0 radical (unpaired) electrons. The third kappa shape index (κ3) is 4.97. The van der Waals surface area contributed by atoms with Crippen LogP contribution < -0.4 is 5.32 Å². The van der Waals surface area contributed by atoms with Gasteiger partial charge in [-0.05, 0) is 80.6 Å². The molecule has 174 valence electrons. The first kappa shape index (κ1) is 23.5. The smallest absolute Gasteiger partial charge is 0.286 e. The highest BCUT2D eigenvalue weighted by molar-refractivity contribution is 7.89. The number of hydrogen-bond donors (Lipinski definition) is 1. The Morgan fingerprint density at radius 2 is 1.79 bits per heavy atom. The molecule has 1 unspecified atom stereocenters. The summed E-state index contributed by atoms with van der Waals surface area (Å²) in [6.45, 7) is 6.43. The molecule has 1 saturated heterocycles. The minimum Gasteiger partial charge on any atom is -0.320 e. The van der Waals surface area contributed by atoms with Gasteiger partial charge in [0.25, 0.3) is 5.91 Å². The summed E-state index contributed by atoms with van der Waals surface area (Å²) < 4.78 is 41.4. The molecule has 3 aromatic rings. The Morgan fingerprint density at radius 3 is 2.52 bits per heavy atom. The maximum absolute atomic E-state index is 13.4. The van der Waals surface area contributed by atoms with Gasteiger partial charge in [0.2, 0.25) is 15.0 Å². The van der Waals surface area contributed by atoms with Gasteiger partial charge in [0.15, 0.2) is 0 Å². The van der Waals surface area contributed by atoms with Gasteiger partial charge in [-0.15, -0.1) is 10.2 Å². The van der Waals surface area contributed by atoms with Crippen LogP contribution in [0.25, 0.3) is 0 Å². The van der Waals surface area contributed by atoms with Gasteiger partial charge < -0.3 is 5.32 Å². The van der Waals surface area contributed by atoms with E-state index in [1.54, 1.807) is 6.07 Å². The lowest BCUT2D eigenvalue weighted by molar-refractivity contribution is 0.102. The van der Waals surface area contributed by atoms with Gasteiger partial charge >= 0.3 is 0 Å². The first-order valence-electron chi connectivity index (χ1n) is 10.6. The molecule has 1 amide bonds. The predicted octanol–water partition coefficient (Wildman–Crippen LogP) is 4.42. The van der Waals surface area contributed by atoms with Crippen molar-refractivity contribution in [3.63, 3.8) is 0 Å². The van der Waals surface area contributed by atoms with Crippen molar-refractivity contribution in [2.75, 3.05) is 18.4 Å². The molecule has 0 spiro atoms. The van der Waals surface area contributed by atoms with Crippen LogP contribution >= 0.6 is 11.3 Å². The van der Waals surface area contributed by atoms with Gasteiger partial charge in [0.05, 0.1) is 4.90 Å². The molecule has 4 rings (SSSR count). The van der Waals surface area contributed by atoms with Crippen LogP contribution in [0.3, 0.4) is 0 Å². The number of aromatic nitrogens is 2. The van der Waals surface area contributed by atoms with E-state index in [4.69, 9.17) is 0 Å². The fourth-order valence-electron chi connectivity index (χ4n) is 3.92. The van der Waals surface area contributed by atoms with Crippen LogP contribution in [0.2, 0.25) is 0 Å². The monoisotopic (exact) mass is 488 g/mol. The van der Waals surface area contributed by atoms with E-state index in [1.165, 1.54) is 28.6 Å². The fourth-order valence-corrected chi connectivity index (χ4v) is 6.60. The summed E-state index contributed by atoms with van der Waals surface area (Å²) in [5.41, 5.74) is 3.18. The topological polar surface area (TPSA) is 92.3 Å². The maximum Gasteiger partial charge on any atom is 0.286 e. The lowest BCUT2D eigenvalue weighted by atomic mass is 10.0. The van der Waals surface area contributed by atoms with Gasteiger partial charge in [0, 0.05) is 24.7 Å². The summed E-state index contributed by atoms with van der Waals surface area (Å²) in [5.74, 6) is -0.958. The van der Waals surface area contributed by atoms with E-state index in [-0.39, 0.29) is 16.7 Å². The number of carbonyl (C=O) groups excluding carboxylic acids is 1. The van der Waals surface area contributed by atoms with Crippen molar-refractivity contribution in [3.05, 3.63) is 68.9 Å². The molecule has 1 fully saturated rings. The number of nitrogens with zero attached hydrogens (tertiary/aromatic N) is 3. The number of halogens is 1. The molecular formula is C23H25FN4O3S2. The van der Waals surface area contributed by atoms with Gasteiger partial charge in [-0.25, -0.2) is 12.8 Å². The van der Waals surface area contributed by atoms with Gasteiger partial charge in [-0.2, -0.15) is 4.31 Å². The number of benzene rings is 2. The molecule has 2 aromatic carbocycles. The largest absolute Gasteiger partial charge is 0.320 e. The molecule has 33 heavy (non-hydrogen) atoms. The average molecular weight is 489 g/mol. The molecule has 0 bridgehead atoms. The summed E-state index contributed by atoms with van der Waals surface area (Å²) in [6.07, 6.45) is 1.47. The van der Waals surface area contributed by atoms with E-state index in [1.807, 2.05) is 26.8 Å². The van der Waals surface area contributed by atoms with E-state index in [9.17, 15) is 17.6 Å². The number of amides is 1. The van der Waals surface area contributed by atoms with Crippen LogP contribution in [-0.4, -0.2) is 41.9 Å². The number of sulfonamides is 1. The third-order valence-corrected chi connectivity index (χ3v) is 8.97. The van der Waals surface area contributed by atoms with Gasteiger partial charge in [-0.1, -0.05) is 17.4 Å². The predicted molar refractivity (Wildman–Crippen MR) is 126 cm³/mol. The second kappa shape index (κ2) is 9.28. The van der Waals surface area contributed by atoms with E-state index < -0.39 is 15.9 Å². The molecule has 1 N–H and O–H groups in total. The summed E-state index contributed by atoms with van der Waals surface area (Å²) in [5, 5.41) is 11.7. The number of nitrogens with one attached hydrogen (secondary N) is 1. The van der Waals surface area contributed by atoms with Crippen molar-refractivity contribution in [2.45, 2.75) is 44.4 Å². The Hall–Kier alpha value is -2.69. The fraction of sp³-hybridized carbons (Fsp3) is 0.348. The Kier molecular flexibility index (Phi) is 6.60. The first-order valence-corrected chi connectivity index (χ1v) is 12.9. The van der Waals surface area contributed by atoms with E-state index >= 15 is 0 Å². The number of carbonyl (C=O) groups is 1. The number of aryl methyl sites for hydroxylation is 3. The molecule has 7 nitrogen and oxygen atoms in total. The van der Waals surface area contributed by atoms with Crippen molar-refractivity contribution >= 4 is 33.0 Å². The molecule has 10 heteroatoms. The average Bonchev–Trinajstić information content (AvgIpc) is 3.28. The number of rotatable bonds is 5. The lowest BCUT2D eigenvalue weighted by Crippen LogP contribution is -2.39. The third-order valence-electron chi connectivity index (χ3n) is 5.88. The minimum atomic E-state index is -3.65. The Morgan fingerprint density at radius 1 is 1.09 bits per heavy atom. The van der Waals surface area contributed by atoms with E-state index in [2.05, 4.69) is 15.5 Å². The van der Waals surface area contributed by atoms with Crippen LogP contribution in [0.15, 0.2) is 41.3 Å². The molecule has 1 aliphatic heterocycles. The molecule has 0 aliphatic carbocycles. The zero-order valence-electron chi connectivity index (χ0n) is 18.6. The van der Waals surface area contributed by atoms with Crippen molar-refractivity contribution in [1.29, 1.82) is 0 Å². The van der Waals surface area contributed by atoms with Gasteiger partial charge in [0.1, 0.15) is 10.8 Å².